The van der Waals surface area contributed by atoms with Crippen LogP contribution in [0.4, 0.5) is 25.8 Å². The highest BCUT2D eigenvalue weighted by Gasteiger charge is 2.29. The van der Waals surface area contributed by atoms with E-state index in [2.05, 4.69) is 10.3 Å². The normalized spacial score (nSPS) is 15.9. The molecule has 1 unspecified atom stereocenters. The number of nitrogens with zero attached hydrogens (tertiary/aromatic N) is 2. The smallest absolute Gasteiger partial charge is 0.237 e. The van der Waals surface area contributed by atoms with Gasteiger partial charge in [-0.15, -0.1) is 0 Å². The number of carbonyl (C=O) groups is 1. The van der Waals surface area contributed by atoms with Gasteiger partial charge in [0.25, 0.3) is 0 Å². The van der Waals surface area contributed by atoms with Crippen molar-refractivity contribution in [3.05, 3.63) is 53.6 Å². The zero-order valence-corrected chi connectivity index (χ0v) is 15.2. The zero-order valence-electron chi connectivity index (χ0n) is 15.2. The van der Waals surface area contributed by atoms with E-state index in [9.17, 15) is 13.6 Å². The summed E-state index contributed by atoms with van der Waals surface area (Å²) in [6, 6.07) is 8.82. The molecule has 0 saturated heterocycles. The fourth-order valence-corrected chi connectivity index (χ4v) is 3.05. The molecule has 27 heavy (non-hydrogen) atoms. The molecule has 0 saturated carbocycles. The summed E-state index contributed by atoms with van der Waals surface area (Å²) in [6.45, 7) is 3.69. The van der Waals surface area contributed by atoms with Crippen LogP contribution in [0.3, 0.4) is 0 Å². The number of fused-ring (bicyclic) bond motifs is 1. The second-order valence-corrected chi connectivity index (χ2v) is 6.18. The number of carbonyl (C=O) groups excluding carboxylic acids is 1. The maximum atomic E-state index is 14.5. The third kappa shape index (κ3) is 4.14. The van der Waals surface area contributed by atoms with Gasteiger partial charge in [-0.25, -0.2) is 8.78 Å². The minimum Gasteiger partial charge on any atom is -0.383 e. The molecule has 0 spiro atoms. The molecule has 0 bridgehead atoms. The Balaban J connectivity index is 1.78. The minimum atomic E-state index is -0.628. The molecule has 142 valence electrons. The number of aliphatic imine (C=N–C) groups is 1. The molecule has 0 fully saturated rings. The van der Waals surface area contributed by atoms with E-state index in [1.165, 1.54) is 24.4 Å². The van der Waals surface area contributed by atoms with E-state index >= 15 is 0 Å². The molecule has 1 N–H and O–H groups in total. The van der Waals surface area contributed by atoms with E-state index in [0.717, 1.165) is 0 Å². The van der Waals surface area contributed by atoms with E-state index in [-0.39, 0.29) is 11.7 Å². The molecular formula is C20H21F2N3O2. The van der Waals surface area contributed by atoms with Crippen LogP contribution in [0.5, 0.6) is 0 Å². The Labute approximate surface area is 156 Å². The second kappa shape index (κ2) is 8.26. The lowest BCUT2D eigenvalue weighted by molar-refractivity contribution is -0.115. The van der Waals surface area contributed by atoms with Gasteiger partial charge in [0.2, 0.25) is 5.91 Å². The maximum Gasteiger partial charge on any atom is 0.237 e. The second-order valence-electron chi connectivity index (χ2n) is 6.18. The average Bonchev–Trinajstić information content (AvgIpc) is 2.96. The van der Waals surface area contributed by atoms with Crippen molar-refractivity contribution >= 4 is 29.2 Å². The molecule has 0 radical (unpaired) electrons. The standard InChI is InChI=1S/C20H21F2N3O2/c1-3-25(8-9-27-2)19-7-5-14(11-17(19)22)23-12-16-15-6-4-13(21)10-18(15)24-20(16)26/h4-7,10-12,16H,3,8-9H2,1-2H3,(H,24,26). The lowest BCUT2D eigenvalue weighted by Gasteiger charge is -2.23. The predicted molar refractivity (Wildman–Crippen MR) is 102 cm³/mol. The first kappa shape index (κ1) is 19.0. The summed E-state index contributed by atoms with van der Waals surface area (Å²) in [6.07, 6.45) is 1.45. The molecule has 2 aromatic rings. The summed E-state index contributed by atoms with van der Waals surface area (Å²) < 4.78 is 32.8. The first-order chi connectivity index (χ1) is 13.0. The summed E-state index contributed by atoms with van der Waals surface area (Å²) >= 11 is 0. The highest BCUT2D eigenvalue weighted by atomic mass is 19.1. The molecular weight excluding hydrogens is 352 g/mol. The van der Waals surface area contributed by atoms with Crippen LogP contribution in [-0.2, 0) is 9.53 Å². The van der Waals surface area contributed by atoms with Crippen molar-refractivity contribution in [2.75, 3.05) is 37.0 Å². The van der Waals surface area contributed by atoms with Crippen molar-refractivity contribution in [2.45, 2.75) is 12.8 Å². The van der Waals surface area contributed by atoms with E-state index in [1.54, 1.807) is 25.3 Å². The van der Waals surface area contributed by atoms with Gasteiger partial charge in [0, 0.05) is 38.2 Å². The number of hydrogen-bond acceptors (Lipinski definition) is 4. The fraction of sp³-hybridized carbons (Fsp3) is 0.300. The molecule has 1 atom stereocenters. The average molecular weight is 373 g/mol. The van der Waals surface area contributed by atoms with Crippen molar-refractivity contribution < 1.29 is 18.3 Å². The van der Waals surface area contributed by atoms with E-state index < -0.39 is 11.7 Å². The minimum absolute atomic E-state index is 0.284. The summed E-state index contributed by atoms with van der Waals surface area (Å²) in [5, 5.41) is 2.62. The monoisotopic (exact) mass is 373 g/mol. The molecule has 7 heteroatoms. The van der Waals surface area contributed by atoms with E-state index in [4.69, 9.17) is 4.74 Å². The van der Waals surface area contributed by atoms with Crippen LogP contribution in [-0.4, -0.2) is 38.9 Å². The van der Waals surface area contributed by atoms with Crippen LogP contribution in [0.1, 0.15) is 18.4 Å². The number of rotatable bonds is 7. The number of likely N-dealkylation sites (N-methyl/N-ethyl adjacent to an activating group) is 1. The highest BCUT2D eigenvalue weighted by Crippen LogP contribution is 2.32. The number of anilines is 2. The number of benzene rings is 2. The number of methoxy groups -OCH3 is 1. The molecule has 0 aromatic heterocycles. The lowest BCUT2D eigenvalue weighted by atomic mass is 10.0. The number of halogens is 2. The third-order valence-corrected chi connectivity index (χ3v) is 4.48. The Morgan fingerprint density at radius 3 is 2.78 bits per heavy atom. The van der Waals surface area contributed by atoms with Gasteiger partial charge in [-0.3, -0.25) is 9.79 Å². The van der Waals surface area contributed by atoms with Crippen LogP contribution >= 0.6 is 0 Å². The van der Waals surface area contributed by atoms with Crippen LogP contribution < -0.4 is 10.2 Å². The maximum absolute atomic E-state index is 14.5. The summed E-state index contributed by atoms with van der Waals surface area (Å²) in [7, 11) is 1.60. The number of hydrogen-bond donors (Lipinski definition) is 1. The van der Waals surface area contributed by atoms with Crippen LogP contribution in [0.15, 0.2) is 41.4 Å². The Morgan fingerprint density at radius 2 is 2.07 bits per heavy atom. The number of ether oxygens (including phenoxy) is 1. The van der Waals surface area contributed by atoms with E-state index in [1.807, 2.05) is 11.8 Å². The summed E-state index contributed by atoms with van der Waals surface area (Å²) in [4.78, 5) is 18.2. The van der Waals surface area contributed by atoms with Crippen LogP contribution in [0, 0.1) is 11.6 Å². The first-order valence-electron chi connectivity index (χ1n) is 8.71. The molecule has 0 aliphatic carbocycles. The number of nitrogens with one attached hydrogen (secondary N) is 1. The van der Waals surface area contributed by atoms with Crippen molar-refractivity contribution in [3.63, 3.8) is 0 Å². The molecule has 5 nitrogen and oxygen atoms in total. The Bertz CT molecular complexity index is 870. The van der Waals surface area contributed by atoms with Gasteiger partial charge in [-0.1, -0.05) is 6.07 Å². The van der Waals surface area contributed by atoms with Gasteiger partial charge in [0.15, 0.2) is 0 Å². The van der Waals surface area contributed by atoms with Gasteiger partial charge in [0.05, 0.1) is 18.0 Å². The van der Waals surface area contributed by atoms with Gasteiger partial charge in [0.1, 0.15) is 17.6 Å². The largest absolute Gasteiger partial charge is 0.383 e. The van der Waals surface area contributed by atoms with Crippen molar-refractivity contribution in [1.29, 1.82) is 0 Å². The predicted octanol–water partition coefficient (Wildman–Crippen LogP) is 3.88. The molecule has 2 aromatic carbocycles. The molecule has 1 amide bonds. The van der Waals surface area contributed by atoms with Gasteiger partial charge < -0.3 is 15.0 Å². The number of amides is 1. The van der Waals surface area contributed by atoms with Crippen molar-refractivity contribution in [1.82, 2.24) is 0 Å². The molecule has 3 rings (SSSR count). The Morgan fingerprint density at radius 1 is 1.26 bits per heavy atom. The van der Waals surface area contributed by atoms with Gasteiger partial charge in [-0.05, 0) is 36.8 Å². The molecule has 1 aliphatic heterocycles. The summed E-state index contributed by atoms with van der Waals surface area (Å²) in [5.41, 5.74) is 1.98. The van der Waals surface area contributed by atoms with Crippen LogP contribution in [0.2, 0.25) is 0 Å². The SMILES string of the molecule is CCN(CCOC)c1ccc(N=CC2C(=O)Nc3cc(F)ccc32)cc1F. The quantitative estimate of drug-likeness (QED) is 0.750. The molecule has 1 aliphatic rings. The first-order valence-corrected chi connectivity index (χ1v) is 8.71. The zero-order chi connectivity index (χ0) is 19.4. The third-order valence-electron chi connectivity index (χ3n) is 4.48. The summed E-state index contributed by atoms with van der Waals surface area (Å²) in [5.74, 6) is -1.72. The fourth-order valence-electron chi connectivity index (χ4n) is 3.05. The van der Waals surface area contributed by atoms with E-state index in [0.29, 0.717) is 42.3 Å². The Kier molecular flexibility index (Phi) is 5.81. The van der Waals surface area contributed by atoms with Crippen LogP contribution in [0.25, 0.3) is 0 Å². The highest BCUT2D eigenvalue weighted by molar-refractivity contribution is 6.12. The van der Waals surface area contributed by atoms with Gasteiger partial charge >= 0.3 is 0 Å². The van der Waals surface area contributed by atoms with Gasteiger partial charge in [-0.2, -0.15) is 0 Å². The molecule has 1 heterocycles. The van der Waals surface area contributed by atoms with Crippen molar-refractivity contribution in [2.24, 2.45) is 4.99 Å². The lowest BCUT2D eigenvalue weighted by Crippen LogP contribution is -2.27. The Hall–Kier alpha value is -2.80. The van der Waals surface area contributed by atoms with Crippen molar-refractivity contribution in [3.8, 4) is 0 Å². The topological polar surface area (TPSA) is 53.9 Å².